The van der Waals surface area contributed by atoms with Gasteiger partial charge in [0.1, 0.15) is 0 Å². The number of esters is 2. The molecule has 0 aromatic carbocycles. The van der Waals surface area contributed by atoms with E-state index in [1.54, 1.807) is 0 Å². The van der Waals surface area contributed by atoms with Gasteiger partial charge in [-0.2, -0.15) is 0 Å². The van der Waals surface area contributed by atoms with E-state index in [-0.39, 0.29) is 51.2 Å². The summed E-state index contributed by atoms with van der Waals surface area (Å²) in [6.07, 6.45) is 46.6. The van der Waals surface area contributed by atoms with Crippen LogP contribution in [0, 0.1) is 0 Å². The maximum absolute atomic E-state index is 12.0. The van der Waals surface area contributed by atoms with Crippen LogP contribution in [0.15, 0.2) is 72.9 Å². The van der Waals surface area contributed by atoms with E-state index < -0.39 is 7.82 Å². The van der Waals surface area contributed by atoms with Crippen LogP contribution >= 0.6 is 7.82 Å². The molecule has 0 aliphatic rings. The third-order valence-corrected chi connectivity index (χ3v) is 8.67. The smallest absolute Gasteiger partial charge is 0.466 e. The Morgan fingerprint density at radius 1 is 0.451 bits per heavy atom. The summed E-state index contributed by atoms with van der Waals surface area (Å²) in [6.45, 7) is 4.51. The molecule has 0 fully saturated rings. The normalized spacial score (nSPS) is 13.5. The van der Waals surface area contributed by atoms with Gasteiger partial charge in [0.25, 0.3) is 0 Å². The first-order valence-electron chi connectivity index (χ1n) is 19.7. The maximum atomic E-state index is 12.0. The highest BCUT2D eigenvalue weighted by atomic mass is 31.2. The number of allylic oxidation sites excluding steroid dienone is 12. The average molecular weight is 735 g/mol. The predicted octanol–water partition coefficient (Wildman–Crippen LogP) is 12.2. The molecule has 292 valence electrons. The molecule has 0 saturated heterocycles. The second kappa shape index (κ2) is 38.7. The summed E-state index contributed by atoms with van der Waals surface area (Å²) in [5, 5.41) is 0. The molecule has 0 spiro atoms. The quantitative estimate of drug-likeness (QED) is 0.0293. The molecule has 0 aromatic heterocycles. The molecule has 1 N–H and O–H groups in total. The Bertz CT molecular complexity index is 965. The zero-order valence-corrected chi connectivity index (χ0v) is 33.0. The summed E-state index contributed by atoms with van der Waals surface area (Å²) in [4.78, 5) is 33.6. The molecule has 0 rings (SSSR count). The van der Waals surface area contributed by atoms with Crippen LogP contribution in [0.25, 0.3) is 0 Å². The highest BCUT2D eigenvalue weighted by Gasteiger charge is 2.20. The maximum Gasteiger partial charge on any atom is 0.472 e. The summed E-state index contributed by atoms with van der Waals surface area (Å²) in [7, 11) is -4.22. The number of hydrogen-bond acceptors (Lipinski definition) is 7. The first-order chi connectivity index (χ1) is 24.9. The van der Waals surface area contributed by atoms with E-state index in [1.807, 2.05) is 0 Å². The summed E-state index contributed by atoms with van der Waals surface area (Å²) >= 11 is 0. The molecular formula is C42H71O8P. The van der Waals surface area contributed by atoms with Gasteiger partial charge in [-0.25, -0.2) is 4.57 Å². The van der Waals surface area contributed by atoms with E-state index in [2.05, 4.69) is 86.8 Å². The van der Waals surface area contributed by atoms with E-state index in [1.165, 1.54) is 51.4 Å². The summed E-state index contributed by atoms with van der Waals surface area (Å²) in [5.74, 6) is -0.565. The van der Waals surface area contributed by atoms with Gasteiger partial charge in [-0.15, -0.1) is 0 Å². The number of carbonyl (C=O) groups is 2. The largest absolute Gasteiger partial charge is 0.472 e. The molecule has 0 saturated carbocycles. The van der Waals surface area contributed by atoms with Gasteiger partial charge in [0, 0.05) is 25.7 Å². The van der Waals surface area contributed by atoms with Gasteiger partial charge in [-0.1, -0.05) is 112 Å². The van der Waals surface area contributed by atoms with Gasteiger partial charge in [-0.05, 0) is 89.9 Å². The van der Waals surface area contributed by atoms with E-state index in [4.69, 9.17) is 18.5 Å². The minimum absolute atomic E-state index is 0.0761. The van der Waals surface area contributed by atoms with Crippen molar-refractivity contribution in [2.75, 3.05) is 26.4 Å². The number of unbranched alkanes of at least 4 members (excludes halogenated alkanes) is 10. The van der Waals surface area contributed by atoms with Gasteiger partial charge in [-0.3, -0.25) is 18.6 Å². The molecule has 0 radical (unpaired) electrons. The fourth-order valence-electron chi connectivity index (χ4n) is 4.67. The summed E-state index contributed by atoms with van der Waals surface area (Å²) < 4.78 is 32.2. The molecule has 0 bridgehead atoms. The second-order valence-electron chi connectivity index (χ2n) is 12.5. The Morgan fingerprint density at radius 2 is 0.765 bits per heavy atom. The Balaban J connectivity index is 3.63. The van der Waals surface area contributed by atoms with Crippen molar-refractivity contribution in [3.63, 3.8) is 0 Å². The molecular weight excluding hydrogens is 663 g/mol. The van der Waals surface area contributed by atoms with Crippen molar-refractivity contribution >= 4 is 19.8 Å². The van der Waals surface area contributed by atoms with E-state index in [9.17, 15) is 19.0 Å². The molecule has 8 nitrogen and oxygen atoms in total. The van der Waals surface area contributed by atoms with Crippen molar-refractivity contribution in [1.82, 2.24) is 0 Å². The minimum atomic E-state index is -4.22. The lowest BCUT2D eigenvalue weighted by atomic mass is 10.1. The third kappa shape index (κ3) is 40.1. The SMILES string of the molecule is CCCCCC=CCC=CCC=CCCCCC(=O)OCCCOP(=O)(O)OCCCOC(=O)CCCCC=CCC=CCC=CCCCCC. The van der Waals surface area contributed by atoms with Crippen LogP contribution in [0.3, 0.4) is 0 Å². The van der Waals surface area contributed by atoms with Gasteiger partial charge in [0.15, 0.2) is 0 Å². The first kappa shape index (κ1) is 48.5. The van der Waals surface area contributed by atoms with E-state index >= 15 is 0 Å². The Hall–Kier alpha value is -2.51. The van der Waals surface area contributed by atoms with Crippen molar-refractivity contribution in [3.8, 4) is 0 Å². The number of ether oxygens (including phenoxy) is 2. The molecule has 0 aromatic rings. The Morgan fingerprint density at radius 3 is 1.10 bits per heavy atom. The molecule has 51 heavy (non-hydrogen) atoms. The molecule has 0 aliphatic heterocycles. The van der Waals surface area contributed by atoms with Crippen molar-refractivity contribution in [3.05, 3.63) is 72.9 Å². The van der Waals surface area contributed by atoms with Crippen LogP contribution in [0.1, 0.15) is 155 Å². The second-order valence-corrected chi connectivity index (χ2v) is 14.0. The van der Waals surface area contributed by atoms with Crippen molar-refractivity contribution in [1.29, 1.82) is 0 Å². The van der Waals surface area contributed by atoms with E-state index in [0.29, 0.717) is 12.8 Å². The van der Waals surface area contributed by atoms with Crippen molar-refractivity contribution in [2.24, 2.45) is 0 Å². The Labute approximate surface area is 311 Å². The molecule has 0 heterocycles. The molecule has 0 atom stereocenters. The highest BCUT2D eigenvalue weighted by Crippen LogP contribution is 2.43. The predicted molar refractivity (Wildman–Crippen MR) is 211 cm³/mol. The van der Waals surface area contributed by atoms with Crippen LogP contribution in [-0.4, -0.2) is 43.3 Å². The highest BCUT2D eigenvalue weighted by molar-refractivity contribution is 7.47. The first-order valence-corrected chi connectivity index (χ1v) is 21.2. The van der Waals surface area contributed by atoms with Crippen LogP contribution < -0.4 is 0 Å². The third-order valence-electron chi connectivity index (χ3n) is 7.65. The standard InChI is InChI=1S/C42H71O8P/c1-3-5-7-9-11-13-15-17-19-21-23-25-27-29-31-35-41(43)47-37-33-39-49-51(45,46)50-40-34-38-48-42(44)36-32-30-28-26-24-22-20-18-16-14-12-10-8-6-4-2/h11-14,17-20,23-26H,3-10,15-16,21-22,27-40H2,1-2H3,(H,45,46). The lowest BCUT2D eigenvalue weighted by Crippen LogP contribution is -2.09. The van der Waals surface area contributed by atoms with E-state index in [0.717, 1.165) is 64.2 Å². The average Bonchev–Trinajstić information content (AvgIpc) is 3.11. The monoisotopic (exact) mass is 734 g/mol. The number of rotatable bonds is 36. The molecule has 9 heteroatoms. The number of phosphoric acid groups is 1. The number of phosphoric ester groups is 1. The molecule has 0 amide bonds. The van der Waals surface area contributed by atoms with Crippen molar-refractivity contribution in [2.45, 2.75) is 155 Å². The lowest BCUT2D eigenvalue weighted by molar-refractivity contribution is -0.144. The fourth-order valence-corrected chi connectivity index (χ4v) is 5.47. The van der Waals surface area contributed by atoms with Crippen LogP contribution in [0.2, 0.25) is 0 Å². The van der Waals surface area contributed by atoms with Gasteiger partial charge in [0.2, 0.25) is 0 Å². The van der Waals surface area contributed by atoms with Crippen LogP contribution in [0.4, 0.5) is 0 Å². The number of hydrogen-bond donors (Lipinski definition) is 1. The van der Waals surface area contributed by atoms with Crippen molar-refractivity contribution < 1.29 is 37.6 Å². The zero-order chi connectivity index (χ0) is 37.4. The minimum Gasteiger partial charge on any atom is -0.466 e. The fraction of sp³-hybridized carbons (Fsp3) is 0.667. The topological polar surface area (TPSA) is 108 Å². The summed E-state index contributed by atoms with van der Waals surface area (Å²) in [6, 6.07) is 0. The molecule has 0 unspecified atom stereocenters. The number of carbonyl (C=O) groups excluding carboxylic acids is 2. The molecule has 0 aliphatic carbocycles. The van der Waals surface area contributed by atoms with Crippen LogP contribution in [-0.2, 0) is 32.7 Å². The van der Waals surface area contributed by atoms with Gasteiger partial charge >= 0.3 is 19.8 Å². The summed E-state index contributed by atoms with van der Waals surface area (Å²) in [5.41, 5.74) is 0. The van der Waals surface area contributed by atoms with Crippen LogP contribution in [0.5, 0.6) is 0 Å². The Kier molecular flexibility index (Phi) is 36.8. The lowest BCUT2D eigenvalue weighted by Gasteiger charge is -2.12. The van der Waals surface area contributed by atoms with Gasteiger partial charge < -0.3 is 14.4 Å². The van der Waals surface area contributed by atoms with Gasteiger partial charge in [0.05, 0.1) is 26.4 Å². The zero-order valence-electron chi connectivity index (χ0n) is 32.1.